The van der Waals surface area contributed by atoms with E-state index in [0.717, 1.165) is 18.4 Å². The number of aryl methyl sites for hydroxylation is 1. The summed E-state index contributed by atoms with van der Waals surface area (Å²) in [6, 6.07) is 8.85. The second-order valence-corrected chi connectivity index (χ2v) is 7.80. The number of allylic oxidation sites excluding steroid dienone is 5. The van der Waals surface area contributed by atoms with E-state index in [9.17, 15) is 0 Å². The van der Waals surface area contributed by atoms with E-state index in [1.165, 1.54) is 44.5 Å². The fraction of sp³-hybridized carbons (Fsp3) is 0.250. The van der Waals surface area contributed by atoms with Crippen molar-refractivity contribution in [3.63, 3.8) is 0 Å². The van der Waals surface area contributed by atoms with Gasteiger partial charge in [0.05, 0.1) is 11.2 Å². The number of benzene rings is 1. The van der Waals surface area contributed by atoms with Crippen LogP contribution in [0.4, 0.5) is 0 Å². The molecule has 2 aliphatic rings. The first kappa shape index (κ1) is 16.2. The maximum Gasteiger partial charge on any atom is 0.0923 e. The van der Waals surface area contributed by atoms with Crippen molar-refractivity contribution < 1.29 is 1.43 Å². The van der Waals surface area contributed by atoms with Crippen molar-refractivity contribution in [2.24, 2.45) is 13.0 Å². The Morgan fingerprint density at radius 1 is 1.11 bits per heavy atom. The van der Waals surface area contributed by atoms with Crippen LogP contribution >= 0.6 is 0 Å². The van der Waals surface area contributed by atoms with Crippen LogP contribution in [0.25, 0.3) is 22.0 Å². The van der Waals surface area contributed by atoms with Crippen LogP contribution in [0, 0.1) is 5.92 Å². The lowest BCUT2D eigenvalue weighted by molar-refractivity contribution is 0.732. The van der Waals surface area contributed by atoms with E-state index in [1.54, 1.807) is 0 Å². The summed E-state index contributed by atoms with van der Waals surface area (Å²) in [6.45, 7) is 4.48. The topological polar surface area (TPSA) is 30.7 Å². The molecule has 3 aromatic rings. The lowest BCUT2D eigenvalue weighted by Crippen LogP contribution is -2.01. The van der Waals surface area contributed by atoms with Crippen LogP contribution in [0.15, 0.2) is 60.5 Å². The Morgan fingerprint density at radius 2 is 2.00 bits per heavy atom. The highest BCUT2D eigenvalue weighted by Crippen LogP contribution is 2.36. The molecule has 27 heavy (non-hydrogen) atoms. The van der Waals surface area contributed by atoms with E-state index in [1.807, 2.05) is 17.9 Å². The van der Waals surface area contributed by atoms with Crippen molar-refractivity contribution in [3.8, 4) is 0 Å². The van der Waals surface area contributed by atoms with Crippen LogP contribution in [-0.2, 0) is 13.5 Å². The predicted octanol–water partition coefficient (Wildman–Crippen LogP) is 5.57. The molecule has 5 rings (SSSR count). The third-order valence-corrected chi connectivity index (χ3v) is 5.65. The third kappa shape index (κ3) is 2.74. The second kappa shape index (κ2) is 6.05. The first-order valence-electron chi connectivity index (χ1n) is 9.61. The molecule has 1 unspecified atom stereocenters. The molecule has 0 fully saturated rings. The van der Waals surface area contributed by atoms with Crippen molar-refractivity contribution in [2.75, 3.05) is 0 Å². The Morgan fingerprint density at radius 3 is 2.85 bits per heavy atom. The minimum Gasteiger partial charge on any atom is -0.275 e. The first-order chi connectivity index (χ1) is 13.1. The number of hydrogen-bond acceptors (Lipinski definition) is 2. The second-order valence-electron chi connectivity index (χ2n) is 7.80. The summed E-state index contributed by atoms with van der Waals surface area (Å²) in [7, 11) is 1.97. The van der Waals surface area contributed by atoms with E-state index < -0.39 is 0 Å². The zero-order valence-electron chi connectivity index (χ0n) is 16.0. The Bertz CT molecular complexity index is 1160. The highest BCUT2D eigenvalue weighted by atomic mass is 15.2. The molecule has 0 bridgehead atoms. The molecule has 0 aliphatic heterocycles. The molecule has 2 heterocycles. The highest BCUT2D eigenvalue weighted by molar-refractivity contribution is 5.91. The number of pyridine rings is 1. The summed E-state index contributed by atoms with van der Waals surface area (Å²) < 4.78 is 1.87. The normalized spacial score (nSPS) is 18.9. The Kier molecular flexibility index (Phi) is 3.64. The minimum absolute atomic E-state index is 0. The van der Waals surface area contributed by atoms with Crippen LogP contribution in [0.1, 0.15) is 44.1 Å². The smallest absolute Gasteiger partial charge is 0.0923 e. The zero-order chi connectivity index (χ0) is 18.5. The Hall–Kier alpha value is -2.94. The van der Waals surface area contributed by atoms with Crippen LogP contribution in [0.3, 0.4) is 0 Å². The van der Waals surface area contributed by atoms with Crippen LogP contribution in [0.2, 0.25) is 0 Å². The van der Waals surface area contributed by atoms with Gasteiger partial charge in [0.2, 0.25) is 0 Å². The third-order valence-electron chi connectivity index (χ3n) is 5.65. The van der Waals surface area contributed by atoms with Gasteiger partial charge in [0.15, 0.2) is 0 Å². The lowest BCUT2D eigenvalue weighted by atomic mass is 9.88. The van der Waals surface area contributed by atoms with Crippen LogP contribution in [-0.4, -0.2) is 14.8 Å². The van der Waals surface area contributed by atoms with Gasteiger partial charge in [0.25, 0.3) is 0 Å². The van der Waals surface area contributed by atoms with Crippen LogP contribution in [0.5, 0.6) is 0 Å². The molecular weight excluding hydrogens is 330 g/mol. The van der Waals surface area contributed by atoms with Crippen LogP contribution < -0.4 is 0 Å². The van der Waals surface area contributed by atoms with Gasteiger partial charge in [0.1, 0.15) is 0 Å². The Balaban J connectivity index is 0.00000192. The van der Waals surface area contributed by atoms with E-state index in [-0.39, 0.29) is 1.43 Å². The van der Waals surface area contributed by atoms with Crippen molar-refractivity contribution in [1.82, 2.24) is 14.8 Å². The summed E-state index contributed by atoms with van der Waals surface area (Å²) in [4.78, 5) is 4.79. The van der Waals surface area contributed by atoms with E-state index in [0.29, 0.717) is 5.92 Å². The number of nitrogens with zero attached hydrogens (tertiary/aromatic N) is 3. The van der Waals surface area contributed by atoms with Crippen molar-refractivity contribution in [1.29, 1.82) is 0 Å². The van der Waals surface area contributed by atoms with Gasteiger partial charge in [-0.2, -0.15) is 5.10 Å². The Labute approximate surface area is 161 Å². The maximum absolute atomic E-state index is 4.79. The summed E-state index contributed by atoms with van der Waals surface area (Å²) >= 11 is 0. The SMILES string of the molecule is CC1=CC(C)CC=C1c1cnc2c(c1)C(c1ccc3nn(C)cc3c1)=CC2.[HH]. The summed E-state index contributed by atoms with van der Waals surface area (Å²) in [5.41, 5.74) is 9.92. The standard InChI is InChI=1S/C24H23N3.H2/c1-15-4-6-20(16(2)10-15)18-12-22-21(7-9-24(22)25-13-18)17-5-8-23-19(11-17)14-27(3)26-23;/h5-8,10-15H,4,9H2,1-3H3;1H. The van der Waals surface area contributed by atoms with Gasteiger partial charge < -0.3 is 0 Å². The molecule has 1 atom stereocenters. The highest BCUT2D eigenvalue weighted by Gasteiger charge is 2.20. The molecule has 2 aliphatic carbocycles. The quantitative estimate of drug-likeness (QED) is 0.601. The molecule has 136 valence electrons. The molecule has 0 amide bonds. The average Bonchev–Trinajstić information content (AvgIpc) is 3.22. The fourth-order valence-electron chi connectivity index (χ4n) is 4.33. The van der Waals surface area contributed by atoms with Crippen molar-refractivity contribution in [2.45, 2.75) is 26.7 Å². The molecule has 0 N–H and O–H groups in total. The molecule has 0 spiro atoms. The van der Waals surface area contributed by atoms with E-state index in [4.69, 9.17) is 4.98 Å². The predicted molar refractivity (Wildman–Crippen MR) is 113 cm³/mol. The summed E-state index contributed by atoms with van der Waals surface area (Å²) in [5, 5.41) is 5.66. The number of aromatic nitrogens is 3. The molecule has 3 heteroatoms. The largest absolute Gasteiger partial charge is 0.275 e. The fourth-order valence-corrected chi connectivity index (χ4v) is 4.33. The number of rotatable bonds is 2. The monoisotopic (exact) mass is 355 g/mol. The van der Waals surface area contributed by atoms with Gasteiger partial charge in [-0.3, -0.25) is 9.67 Å². The average molecular weight is 355 g/mol. The van der Waals surface area contributed by atoms with Gasteiger partial charge in [-0.15, -0.1) is 0 Å². The van der Waals surface area contributed by atoms with Gasteiger partial charge >= 0.3 is 0 Å². The molecule has 3 nitrogen and oxygen atoms in total. The van der Waals surface area contributed by atoms with E-state index >= 15 is 0 Å². The number of hydrogen-bond donors (Lipinski definition) is 0. The summed E-state index contributed by atoms with van der Waals surface area (Å²) in [6.07, 6.45) is 13.2. The zero-order valence-corrected chi connectivity index (χ0v) is 16.0. The van der Waals surface area contributed by atoms with Gasteiger partial charge in [-0.05, 0) is 59.7 Å². The van der Waals surface area contributed by atoms with Crippen molar-refractivity contribution in [3.05, 3.63) is 82.8 Å². The van der Waals surface area contributed by atoms with Crippen molar-refractivity contribution >= 4 is 22.0 Å². The minimum atomic E-state index is 0. The number of fused-ring (bicyclic) bond motifs is 2. The molecule has 0 saturated carbocycles. The maximum atomic E-state index is 4.79. The van der Waals surface area contributed by atoms with Gasteiger partial charge in [-0.25, -0.2) is 0 Å². The molecule has 1 aromatic carbocycles. The molecule has 0 saturated heterocycles. The van der Waals surface area contributed by atoms with Gasteiger partial charge in [-0.1, -0.05) is 31.2 Å². The lowest BCUT2D eigenvalue weighted by Gasteiger charge is -2.18. The van der Waals surface area contributed by atoms with E-state index in [2.05, 4.69) is 67.6 Å². The van der Waals surface area contributed by atoms with Gasteiger partial charge in [0, 0.05) is 43.8 Å². The molecule has 0 radical (unpaired) electrons. The first-order valence-corrected chi connectivity index (χ1v) is 9.61. The molecular formula is C24H25N3. The summed E-state index contributed by atoms with van der Waals surface area (Å²) in [5.74, 6) is 0.623. The molecule has 2 aromatic heterocycles.